The number of guanidine groups is 1. The van der Waals surface area contributed by atoms with Gasteiger partial charge in [-0.05, 0) is 38.5 Å². The van der Waals surface area contributed by atoms with Gasteiger partial charge in [0.1, 0.15) is 0 Å². The molecular formula is C19H35N5O2. The SMILES string of the molecule is CCNC(=NCC1(C(=O)N(C)C)CCCC1)N1CCCC(CC(N)=O)C1. The summed E-state index contributed by atoms with van der Waals surface area (Å²) >= 11 is 0. The van der Waals surface area contributed by atoms with Crippen LogP contribution in [0.3, 0.4) is 0 Å². The van der Waals surface area contributed by atoms with E-state index in [1.54, 1.807) is 4.90 Å². The van der Waals surface area contributed by atoms with Gasteiger partial charge in [0.2, 0.25) is 11.8 Å². The Labute approximate surface area is 157 Å². The van der Waals surface area contributed by atoms with Crippen LogP contribution in [0.15, 0.2) is 4.99 Å². The van der Waals surface area contributed by atoms with Crippen molar-refractivity contribution in [1.29, 1.82) is 0 Å². The van der Waals surface area contributed by atoms with Crippen molar-refractivity contribution in [2.24, 2.45) is 22.1 Å². The molecule has 0 radical (unpaired) electrons. The number of carbonyl (C=O) groups excluding carboxylic acids is 2. The Kier molecular flexibility index (Phi) is 7.29. The van der Waals surface area contributed by atoms with E-state index in [-0.39, 0.29) is 23.1 Å². The summed E-state index contributed by atoms with van der Waals surface area (Å²) < 4.78 is 0. The van der Waals surface area contributed by atoms with Crippen molar-refractivity contribution >= 4 is 17.8 Å². The van der Waals surface area contributed by atoms with Gasteiger partial charge in [0.15, 0.2) is 5.96 Å². The molecular weight excluding hydrogens is 330 g/mol. The molecule has 1 unspecified atom stereocenters. The molecule has 148 valence electrons. The monoisotopic (exact) mass is 365 g/mol. The van der Waals surface area contributed by atoms with E-state index in [9.17, 15) is 9.59 Å². The number of nitrogens with zero attached hydrogens (tertiary/aromatic N) is 3. The second-order valence-corrected chi connectivity index (χ2v) is 7.98. The van der Waals surface area contributed by atoms with Gasteiger partial charge in [0.05, 0.1) is 12.0 Å². The Hall–Kier alpha value is -1.79. The van der Waals surface area contributed by atoms with E-state index in [1.807, 2.05) is 14.1 Å². The van der Waals surface area contributed by atoms with E-state index in [4.69, 9.17) is 10.7 Å². The van der Waals surface area contributed by atoms with Crippen molar-refractivity contribution in [1.82, 2.24) is 15.1 Å². The molecule has 1 saturated carbocycles. The van der Waals surface area contributed by atoms with E-state index in [0.717, 1.165) is 64.1 Å². The molecule has 26 heavy (non-hydrogen) atoms. The fourth-order valence-electron chi connectivity index (χ4n) is 4.33. The fraction of sp³-hybridized carbons (Fsp3) is 0.842. The number of rotatable bonds is 6. The lowest BCUT2D eigenvalue weighted by molar-refractivity contribution is -0.138. The third kappa shape index (κ3) is 5.11. The van der Waals surface area contributed by atoms with Crippen molar-refractivity contribution in [2.75, 3.05) is 40.3 Å². The molecule has 7 nitrogen and oxygen atoms in total. The number of primary amides is 1. The average molecular weight is 366 g/mol. The molecule has 1 atom stereocenters. The predicted octanol–water partition coefficient (Wildman–Crippen LogP) is 1.19. The summed E-state index contributed by atoms with van der Waals surface area (Å²) in [5.41, 5.74) is 5.02. The summed E-state index contributed by atoms with van der Waals surface area (Å²) in [6.07, 6.45) is 6.51. The number of aliphatic imine (C=N–C) groups is 1. The molecule has 0 spiro atoms. The first-order valence-corrected chi connectivity index (χ1v) is 9.91. The molecule has 0 aromatic rings. The second kappa shape index (κ2) is 9.24. The van der Waals surface area contributed by atoms with Crippen LogP contribution in [0.25, 0.3) is 0 Å². The summed E-state index contributed by atoms with van der Waals surface area (Å²) in [4.78, 5) is 32.8. The van der Waals surface area contributed by atoms with Crippen molar-refractivity contribution in [3.8, 4) is 0 Å². The maximum atomic E-state index is 12.8. The molecule has 3 N–H and O–H groups in total. The predicted molar refractivity (Wildman–Crippen MR) is 104 cm³/mol. The molecule has 0 aromatic carbocycles. The molecule has 1 aliphatic carbocycles. The minimum absolute atomic E-state index is 0.194. The number of amides is 2. The first kappa shape index (κ1) is 20.5. The van der Waals surface area contributed by atoms with Crippen molar-refractivity contribution < 1.29 is 9.59 Å². The van der Waals surface area contributed by atoms with Crippen LogP contribution < -0.4 is 11.1 Å². The first-order chi connectivity index (χ1) is 12.4. The van der Waals surface area contributed by atoms with Gasteiger partial charge in [-0.1, -0.05) is 12.8 Å². The molecule has 1 saturated heterocycles. The van der Waals surface area contributed by atoms with Crippen LogP contribution in [0.2, 0.25) is 0 Å². The molecule has 2 rings (SSSR count). The largest absolute Gasteiger partial charge is 0.370 e. The lowest BCUT2D eigenvalue weighted by Gasteiger charge is -2.35. The molecule has 0 bridgehead atoms. The summed E-state index contributed by atoms with van der Waals surface area (Å²) in [7, 11) is 3.66. The molecule has 1 heterocycles. The third-order valence-electron chi connectivity index (χ3n) is 5.60. The highest BCUT2D eigenvalue weighted by atomic mass is 16.2. The van der Waals surface area contributed by atoms with Gasteiger partial charge in [0, 0.05) is 40.2 Å². The van der Waals surface area contributed by atoms with Crippen molar-refractivity contribution in [3.63, 3.8) is 0 Å². The highest BCUT2D eigenvalue weighted by Gasteiger charge is 2.42. The van der Waals surface area contributed by atoms with Crippen LogP contribution >= 0.6 is 0 Å². The minimum atomic E-state index is -0.355. The van der Waals surface area contributed by atoms with E-state index in [2.05, 4.69) is 17.1 Å². The van der Waals surface area contributed by atoms with Crippen molar-refractivity contribution in [2.45, 2.75) is 51.9 Å². The molecule has 2 amide bonds. The van der Waals surface area contributed by atoms with Gasteiger partial charge in [0.25, 0.3) is 0 Å². The number of likely N-dealkylation sites (tertiary alicyclic amines) is 1. The van der Waals surface area contributed by atoms with Gasteiger partial charge in [-0.3, -0.25) is 14.6 Å². The molecule has 2 fully saturated rings. The minimum Gasteiger partial charge on any atom is -0.370 e. The first-order valence-electron chi connectivity index (χ1n) is 9.91. The quantitative estimate of drug-likeness (QED) is 0.546. The Morgan fingerprint density at radius 1 is 1.27 bits per heavy atom. The van der Waals surface area contributed by atoms with Gasteiger partial charge in [-0.2, -0.15) is 0 Å². The standard InChI is InChI=1S/C19H35N5O2/c1-4-21-18(24-11-7-8-15(13-24)12-16(20)25)22-14-19(9-5-6-10-19)17(26)23(2)3/h15H,4-14H2,1-3H3,(H2,20,25)(H,21,22). The third-order valence-corrected chi connectivity index (χ3v) is 5.60. The van der Waals surface area contributed by atoms with Crippen molar-refractivity contribution in [3.05, 3.63) is 0 Å². The number of nitrogens with one attached hydrogen (secondary N) is 1. The zero-order chi connectivity index (χ0) is 19.2. The smallest absolute Gasteiger partial charge is 0.230 e. The van der Waals surface area contributed by atoms with Gasteiger partial charge in [-0.15, -0.1) is 0 Å². The maximum Gasteiger partial charge on any atom is 0.230 e. The van der Waals surface area contributed by atoms with E-state index < -0.39 is 0 Å². The summed E-state index contributed by atoms with van der Waals surface area (Å²) in [5.74, 6) is 1.11. The van der Waals surface area contributed by atoms with Crippen LogP contribution in [0.1, 0.15) is 51.9 Å². The number of carbonyl (C=O) groups is 2. The Morgan fingerprint density at radius 2 is 1.96 bits per heavy atom. The molecule has 1 aliphatic heterocycles. The number of nitrogens with two attached hydrogens (primary N) is 1. The Morgan fingerprint density at radius 3 is 2.54 bits per heavy atom. The van der Waals surface area contributed by atoms with E-state index in [0.29, 0.717) is 13.0 Å². The Balaban J connectivity index is 2.12. The van der Waals surface area contributed by atoms with E-state index in [1.165, 1.54) is 0 Å². The fourth-order valence-corrected chi connectivity index (χ4v) is 4.33. The zero-order valence-corrected chi connectivity index (χ0v) is 16.6. The van der Waals surface area contributed by atoms with Gasteiger partial charge in [-0.25, -0.2) is 0 Å². The second-order valence-electron chi connectivity index (χ2n) is 7.98. The van der Waals surface area contributed by atoms with Crippen LogP contribution in [-0.2, 0) is 9.59 Å². The number of piperidine rings is 1. The highest BCUT2D eigenvalue weighted by molar-refractivity contribution is 5.84. The van der Waals surface area contributed by atoms with E-state index >= 15 is 0 Å². The summed E-state index contributed by atoms with van der Waals surface area (Å²) in [6.45, 7) is 5.09. The lowest BCUT2D eigenvalue weighted by Crippen LogP contribution is -2.48. The molecule has 7 heteroatoms. The lowest BCUT2D eigenvalue weighted by atomic mass is 9.84. The molecule has 2 aliphatic rings. The average Bonchev–Trinajstić information content (AvgIpc) is 3.07. The topological polar surface area (TPSA) is 91.0 Å². The van der Waals surface area contributed by atoms with Crippen LogP contribution in [-0.4, -0.2) is 67.8 Å². The van der Waals surface area contributed by atoms with Crippen LogP contribution in [0.5, 0.6) is 0 Å². The Bertz CT molecular complexity index is 526. The number of hydrogen-bond donors (Lipinski definition) is 2. The molecule has 0 aromatic heterocycles. The maximum absolute atomic E-state index is 12.8. The van der Waals surface area contributed by atoms with Gasteiger partial charge >= 0.3 is 0 Å². The highest BCUT2D eigenvalue weighted by Crippen LogP contribution is 2.39. The van der Waals surface area contributed by atoms with Crippen LogP contribution in [0.4, 0.5) is 0 Å². The summed E-state index contributed by atoms with van der Waals surface area (Å²) in [5, 5.41) is 3.37. The zero-order valence-electron chi connectivity index (χ0n) is 16.6. The normalized spacial score (nSPS) is 23.0. The van der Waals surface area contributed by atoms with Crippen LogP contribution in [0, 0.1) is 11.3 Å². The summed E-state index contributed by atoms with van der Waals surface area (Å²) in [6, 6.07) is 0. The van der Waals surface area contributed by atoms with Gasteiger partial charge < -0.3 is 20.9 Å². The number of hydrogen-bond acceptors (Lipinski definition) is 3.